The molecule has 1 aromatic carbocycles. The van der Waals surface area contributed by atoms with Crippen LogP contribution in [0.25, 0.3) is 0 Å². The summed E-state index contributed by atoms with van der Waals surface area (Å²) in [5, 5.41) is 21.6. The van der Waals surface area contributed by atoms with Crippen molar-refractivity contribution in [2.75, 3.05) is 39.8 Å². The second-order valence-electron chi connectivity index (χ2n) is 9.08. The van der Waals surface area contributed by atoms with Crippen molar-refractivity contribution in [3.63, 3.8) is 0 Å². The maximum absolute atomic E-state index is 13.1. The normalized spacial score (nSPS) is 29.5. The number of likely N-dealkylation sites (tertiary alicyclic amines) is 2. The first kappa shape index (κ1) is 20.6. The average Bonchev–Trinajstić information content (AvgIpc) is 3.39. The highest BCUT2D eigenvalue weighted by Gasteiger charge is 2.49. The smallest absolute Gasteiger partial charge is 0.225 e. The van der Waals surface area contributed by atoms with Crippen LogP contribution in [0.3, 0.4) is 0 Å². The van der Waals surface area contributed by atoms with Crippen LogP contribution in [0.15, 0.2) is 24.3 Å². The van der Waals surface area contributed by atoms with Crippen LogP contribution < -0.4 is 4.74 Å². The lowest BCUT2D eigenvalue weighted by molar-refractivity contribution is -0.135. The van der Waals surface area contributed by atoms with Crippen LogP contribution >= 0.6 is 0 Å². The van der Waals surface area contributed by atoms with E-state index in [1.807, 2.05) is 29.2 Å². The number of carbonyl (C=O) groups is 1. The molecule has 160 valence electrons. The Morgan fingerprint density at radius 1 is 1.14 bits per heavy atom. The van der Waals surface area contributed by atoms with E-state index in [-0.39, 0.29) is 23.8 Å². The SMILES string of the molecule is COc1ccc([C@@]2(O)CN(C(=O)C3CCCC3)C[C@@H]2CN2CCC(O)CC2)cc1. The summed E-state index contributed by atoms with van der Waals surface area (Å²) in [5.74, 6) is 1.05. The van der Waals surface area contributed by atoms with Crippen LogP contribution in [-0.4, -0.2) is 71.9 Å². The van der Waals surface area contributed by atoms with Crippen LogP contribution in [0.1, 0.15) is 44.1 Å². The van der Waals surface area contributed by atoms with Crippen molar-refractivity contribution in [3.05, 3.63) is 29.8 Å². The number of β-amino-alcohol motifs (C(OH)–C–C–N with tert-alkyl or cyclic N) is 1. The molecule has 0 spiro atoms. The number of hydrogen-bond donors (Lipinski definition) is 2. The van der Waals surface area contributed by atoms with Gasteiger partial charge in [0, 0.05) is 38.0 Å². The van der Waals surface area contributed by atoms with Gasteiger partial charge in [-0.2, -0.15) is 0 Å². The molecule has 0 bridgehead atoms. The number of hydrogen-bond acceptors (Lipinski definition) is 5. The first-order valence-electron chi connectivity index (χ1n) is 11.1. The molecular formula is C23H34N2O4. The summed E-state index contributed by atoms with van der Waals surface area (Å²) in [6.45, 7) is 3.37. The van der Waals surface area contributed by atoms with Gasteiger partial charge < -0.3 is 24.7 Å². The summed E-state index contributed by atoms with van der Waals surface area (Å²) in [5.41, 5.74) is -0.210. The maximum Gasteiger partial charge on any atom is 0.225 e. The van der Waals surface area contributed by atoms with E-state index in [1.54, 1.807) is 7.11 Å². The van der Waals surface area contributed by atoms with Gasteiger partial charge in [0.25, 0.3) is 0 Å². The number of aliphatic hydroxyl groups is 2. The lowest BCUT2D eigenvalue weighted by Crippen LogP contribution is -2.45. The topological polar surface area (TPSA) is 73.2 Å². The molecule has 1 aliphatic carbocycles. The molecule has 1 saturated carbocycles. The zero-order valence-corrected chi connectivity index (χ0v) is 17.4. The lowest BCUT2D eigenvalue weighted by Gasteiger charge is -2.36. The van der Waals surface area contributed by atoms with E-state index in [0.717, 1.165) is 69.5 Å². The second-order valence-corrected chi connectivity index (χ2v) is 9.08. The number of methoxy groups -OCH3 is 1. The molecule has 6 heteroatoms. The molecule has 6 nitrogen and oxygen atoms in total. The fraction of sp³-hybridized carbons (Fsp3) is 0.696. The van der Waals surface area contributed by atoms with Crippen LogP contribution in [0.5, 0.6) is 5.75 Å². The summed E-state index contributed by atoms with van der Waals surface area (Å²) in [4.78, 5) is 17.3. The molecule has 3 aliphatic rings. The van der Waals surface area contributed by atoms with Crippen molar-refractivity contribution in [3.8, 4) is 5.75 Å². The number of carbonyl (C=O) groups excluding carboxylic acids is 1. The predicted octanol–water partition coefficient (Wildman–Crippen LogP) is 1.99. The van der Waals surface area contributed by atoms with Crippen molar-refractivity contribution in [1.82, 2.24) is 9.80 Å². The Morgan fingerprint density at radius 3 is 2.41 bits per heavy atom. The van der Waals surface area contributed by atoms with Crippen molar-refractivity contribution in [2.24, 2.45) is 11.8 Å². The third kappa shape index (κ3) is 4.30. The van der Waals surface area contributed by atoms with E-state index in [0.29, 0.717) is 13.1 Å². The molecule has 2 N–H and O–H groups in total. The molecule has 0 radical (unpaired) electrons. The molecule has 2 aliphatic heterocycles. The molecule has 3 fully saturated rings. The summed E-state index contributed by atoms with van der Waals surface area (Å²) in [7, 11) is 1.63. The van der Waals surface area contributed by atoms with Crippen LogP contribution in [-0.2, 0) is 10.4 Å². The molecular weight excluding hydrogens is 368 g/mol. The van der Waals surface area contributed by atoms with E-state index in [9.17, 15) is 15.0 Å². The van der Waals surface area contributed by atoms with E-state index in [1.165, 1.54) is 0 Å². The third-order valence-electron chi connectivity index (χ3n) is 7.19. The maximum atomic E-state index is 13.1. The molecule has 2 heterocycles. The number of benzene rings is 1. The number of piperidine rings is 1. The minimum Gasteiger partial charge on any atom is -0.497 e. The summed E-state index contributed by atoms with van der Waals surface area (Å²) < 4.78 is 5.27. The predicted molar refractivity (Wildman–Crippen MR) is 111 cm³/mol. The Kier molecular flexibility index (Phi) is 6.13. The highest BCUT2D eigenvalue weighted by molar-refractivity contribution is 5.79. The largest absolute Gasteiger partial charge is 0.497 e. The van der Waals surface area contributed by atoms with Gasteiger partial charge in [-0.25, -0.2) is 0 Å². The van der Waals surface area contributed by atoms with Crippen molar-refractivity contribution in [1.29, 1.82) is 0 Å². The molecule has 29 heavy (non-hydrogen) atoms. The van der Waals surface area contributed by atoms with Crippen molar-refractivity contribution < 1.29 is 19.7 Å². The summed E-state index contributed by atoms with van der Waals surface area (Å²) in [6, 6.07) is 7.61. The molecule has 0 unspecified atom stereocenters. The second kappa shape index (κ2) is 8.62. The molecule has 4 rings (SSSR count). The Labute approximate surface area is 173 Å². The number of nitrogens with zero attached hydrogens (tertiary/aromatic N) is 2. The third-order valence-corrected chi connectivity index (χ3v) is 7.19. The number of rotatable bonds is 5. The number of amides is 1. The first-order valence-corrected chi connectivity index (χ1v) is 11.1. The van der Waals surface area contributed by atoms with Crippen molar-refractivity contribution in [2.45, 2.75) is 50.2 Å². The Hall–Kier alpha value is -1.63. The van der Waals surface area contributed by atoms with E-state index >= 15 is 0 Å². The van der Waals surface area contributed by atoms with Gasteiger partial charge in [0.1, 0.15) is 11.4 Å². The highest BCUT2D eigenvalue weighted by Crippen LogP contribution is 2.40. The van der Waals surface area contributed by atoms with Gasteiger partial charge in [0.15, 0.2) is 0 Å². The van der Waals surface area contributed by atoms with Gasteiger partial charge in [-0.05, 0) is 43.4 Å². The number of aliphatic hydroxyl groups excluding tert-OH is 1. The van der Waals surface area contributed by atoms with Gasteiger partial charge in [-0.15, -0.1) is 0 Å². The van der Waals surface area contributed by atoms with Gasteiger partial charge >= 0.3 is 0 Å². The quantitative estimate of drug-likeness (QED) is 0.788. The van der Waals surface area contributed by atoms with Crippen LogP contribution in [0.4, 0.5) is 0 Å². The number of ether oxygens (including phenoxy) is 1. The Balaban J connectivity index is 1.54. The minimum atomic E-state index is -1.06. The van der Waals surface area contributed by atoms with Crippen molar-refractivity contribution >= 4 is 5.91 Å². The molecule has 2 atom stereocenters. The van der Waals surface area contributed by atoms with E-state index in [4.69, 9.17) is 4.74 Å². The Bertz CT molecular complexity index is 695. The fourth-order valence-corrected chi connectivity index (χ4v) is 5.33. The fourth-order valence-electron chi connectivity index (χ4n) is 5.33. The van der Waals surface area contributed by atoms with Gasteiger partial charge in [0.05, 0.1) is 19.8 Å². The monoisotopic (exact) mass is 402 g/mol. The molecule has 1 aromatic rings. The Morgan fingerprint density at radius 2 is 1.79 bits per heavy atom. The van der Waals surface area contributed by atoms with Gasteiger partial charge in [-0.3, -0.25) is 4.79 Å². The van der Waals surface area contributed by atoms with Crippen LogP contribution in [0, 0.1) is 11.8 Å². The van der Waals surface area contributed by atoms with Gasteiger partial charge in [-0.1, -0.05) is 25.0 Å². The lowest BCUT2D eigenvalue weighted by atomic mass is 9.83. The summed E-state index contributed by atoms with van der Waals surface area (Å²) in [6.07, 6.45) is 5.56. The molecule has 2 saturated heterocycles. The highest BCUT2D eigenvalue weighted by atomic mass is 16.5. The molecule has 0 aromatic heterocycles. The first-order chi connectivity index (χ1) is 14.0. The summed E-state index contributed by atoms with van der Waals surface area (Å²) >= 11 is 0. The average molecular weight is 403 g/mol. The standard InChI is InChI=1S/C23H34N2O4/c1-29-21-8-6-18(7-9-21)23(28)16-25(22(27)17-4-2-3-5-17)15-19(23)14-24-12-10-20(26)11-13-24/h6-9,17,19-20,26,28H,2-5,10-16H2,1H3/t19-,23-/m0/s1. The van der Waals surface area contributed by atoms with Crippen LogP contribution in [0.2, 0.25) is 0 Å². The minimum absolute atomic E-state index is 0.0449. The van der Waals surface area contributed by atoms with E-state index < -0.39 is 5.60 Å². The molecule has 1 amide bonds. The van der Waals surface area contributed by atoms with E-state index in [2.05, 4.69) is 4.90 Å². The zero-order chi connectivity index (χ0) is 20.4. The van der Waals surface area contributed by atoms with Gasteiger partial charge in [0.2, 0.25) is 5.91 Å². The zero-order valence-electron chi connectivity index (χ0n) is 17.4.